The molecule has 1 aliphatic carbocycles. The van der Waals surface area contributed by atoms with Crippen molar-refractivity contribution in [1.82, 2.24) is 15.6 Å². The molecule has 0 aromatic carbocycles. The first-order valence-corrected chi connectivity index (χ1v) is 8.89. The van der Waals surface area contributed by atoms with Crippen LogP contribution >= 0.6 is 0 Å². The van der Waals surface area contributed by atoms with E-state index in [1.807, 2.05) is 18.2 Å². The van der Waals surface area contributed by atoms with Gasteiger partial charge in [0, 0.05) is 44.2 Å². The molecule has 6 heteroatoms. The van der Waals surface area contributed by atoms with Crippen LogP contribution in [0, 0.1) is 5.92 Å². The zero-order valence-corrected chi connectivity index (χ0v) is 14.3. The Hall–Kier alpha value is -1.66. The zero-order valence-electron chi connectivity index (χ0n) is 14.3. The summed E-state index contributed by atoms with van der Waals surface area (Å²) in [5, 5.41) is 5.71. The zero-order chi connectivity index (χ0) is 16.8. The van der Waals surface area contributed by atoms with Crippen molar-refractivity contribution in [2.24, 2.45) is 5.92 Å². The van der Waals surface area contributed by atoms with E-state index in [-0.39, 0.29) is 12.1 Å². The van der Waals surface area contributed by atoms with E-state index in [1.165, 1.54) is 0 Å². The van der Waals surface area contributed by atoms with Crippen LogP contribution < -0.4 is 10.6 Å². The Morgan fingerprint density at radius 1 is 1.33 bits per heavy atom. The number of rotatable bonds is 5. The van der Waals surface area contributed by atoms with Gasteiger partial charge in [0.15, 0.2) is 5.79 Å². The largest absolute Gasteiger partial charge is 0.347 e. The number of hydrogen-bond donors (Lipinski definition) is 2. The van der Waals surface area contributed by atoms with Crippen LogP contribution in [0.15, 0.2) is 24.4 Å². The van der Waals surface area contributed by atoms with E-state index in [4.69, 9.17) is 9.47 Å². The molecule has 1 atom stereocenters. The van der Waals surface area contributed by atoms with E-state index in [9.17, 15) is 4.79 Å². The summed E-state index contributed by atoms with van der Waals surface area (Å²) in [5.41, 5.74) is 0.971. The maximum absolute atomic E-state index is 11.9. The summed E-state index contributed by atoms with van der Waals surface area (Å²) in [6, 6.07) is 5.61. The number of hydrogen-bond acceptors (Lipinski definition) is 4. The summed E-state index contributed by atoms with van der Waals surface area (Å²) in [6.07, 6.45) is 6.64. The molecule has 24 heavy (non-hydrogen) atoms. The maximum Gasteiger partial charge on any atom is 0.314 e. The lowest BCUT2D eigenvalue weighted by molar-refractivity contribution is -0.191. The van der Waals surface area contributed by atoms with Gasteiger partial charge in [-0.25, -0.2) is 4.79 Å². The van der Waals surface area contributed by atoms with E-state index in [2.05, 4.69) is 22.5 Å². The highest BCUT2D eigenvalue weighted by molar-refractivity contribution is 5.73. The SMILES string of the molecule is CC1CCC2(CC1)OC[C@H](CNC(=O)NCCc1ccccn1)O2. The van der Waals surface area contributed by atoms with Crippen molar-refractivity contribution in [3.63, 3.8) is 0 Å². The topological polar surface area (TPSA) is 72.5 Å². The van der Waals surface area contributed by atoms with Crippen LogP contribution in [0.5, 0.6) is 0 Å². The van der Waals surface area contributed by atoms with Crippen LogP contribution in [0.1, 0.15) is 38.3 Å². The Balaban J connectivity index is 1.32. The minimum atomic E-state index is -0.395. The molecule has 2 aliphatic rings. The Morgan fingerprint density at radius 3 is 2.92 bits per heavy atom. The molecule has 3 rings (SSSR count). The Labute approximate surface area is 143 Å². The summed E-state index contributed by atoms with van der Waals surface area (Å²) >= 11 is 0. The van der Waals surface area contributed by atoms with Gasteiger partial charge >= 0.3 is 6.03 Å². The van der Waals surface area contributed by atoms with Crippen LogP contribution in [0.25, 0.3) is 0 Å². The lowest BCUT2D eigenvalue weighted by Crippen LogP contribution is -2.42. The third-order valence-electron chi connectivity index (χ3n) is 4.83. The van der Waals surface area contributed by atoms with Gasteiger partial charge in [-0.2, -0.15) is 0 Å². The van der Waals surface area contributed by atoms with Crippen molar-refractivity contribution in [3.05, 3.63) is 30.1 Å². The number of nitrogens with one attached hydrogen (secondary N) is 2. The van der Waals surface area contributed by atoms with Crippen molar-refractivity contribution < 1.29 is 14.3 Å². The molecule has 1 saturated heterocycles. The summed E-state index contributed by atoms with van der Waals surface area (Å²) in [7, 11) is 0. The first-order valence-electron chi connectivity index (χ1n) is 8.89. The van der Waals surface area contributed by atoms with Crippen LogP contribution in [-0.4, -0.2) is 42.6 Å². The molecule has 1 aliphatic heterocycles. The third kappa shape index (κ3) is 4.68. The Morgan fingerprint density at radius 2 is 2.17 bits per heavy atom. The van der Waals surface area contributed by atoms with Gasteiger partial charge in [-0.15, -0.1) is 0 Å². The second kappa shape index (κ2) is 7.94. The van der Waals surface area contributed by atoms with Crippen LogP contribution in [0.2, 0.25) is 0 Å². The van der Waals surface area contributed by atoms with Crippen LogP contribution in [0.4, 0.5) is 4.79 Å². The number of urea groups is 1. The molecule has 1 spiro atoms. The predicted molar refractivity (Wildman–Crippen MR) is 90.5 cm³/mol. The number of ether oxygens (including phenoxy) is 2. The number of nitrogens with zero attached hydrogens (tertiary/aromatic N) is 1. The Kier molecular flexibility index (Phi) is 5.68. The molecule has 0 unspecified atom stereocenters. The molecule has 2 heterocycles. The fourth-order valence-corrected chi connectivity index (χ4v) is 3.30. The average molecular weight is 333 g/mol. The number of aromatic nitrogens is 1. The summed E-state index contributed by atoms with van der Waals surface area (Å²) in [5.74, 6) is 0.360. The predicted octanol–water partition coefficient (Wildman–Crippen LogP) is 2.25. The van der Waals surface area contributed by atoms with Crippen LogP contribution in [0.3, 0.4) is 0 Å². The van der Waals surface area contributed by atoms with E-state index in [0.29, 0.717) is 19.7 Å². The molecule has 1 aromatic rings. The van der Waals surface area contributed by atoms with Gasteiger partial charge in [-0.1, -0.05) is 13.0 Å². The fraction of sp³-hybridized carbons (Fsp3) is 0.667. The highest BCUT2D eigenvalue weighted by atomic mass is 16.7. The lowest BCUT2D eigenvalue weighted by Gasteiger charge is -2.34. The van der Waals surface area contributed by atoms with Gasteiger partial charge in [0.1, 0.15) is 6.10 Å². The number of amides is 2. The smallest absolute Gasteiger partial charge is 0.314 e. The minimum Gasteiger partial charge on any atom is -0.347 e. The van der Waals surface area contributed by atoms with E-state index in [0.717, 1.165) is 43.7 Å². The number of pyridine rings is 1. The first-order chi connectivity index (χ1) is 11.7. The van der Waals surface area contributed by atoms with Gasteiger partial charge < -0.3 is 20.1 Å². The summed E-state index contributed by atoms with van der Waals surface area (Å²) in [4.78, 5) is 16.1. The summed E-state index contributed by atoms with van der Waals surface area (Å²) < 4.78 is 12.0. The molecule has 2 fully saturated rings. The van der Waals surface area contributed by atoms with Crippen molar-refractivity contribution >= 4 is 6.03 Å². The molecule has 132 valence electrons. The van der Waals surface area contributed by atoms with Gasteiger partial charge in [0.2, 0.25) is 0 Å². The maximum atomic E-state index is 11.9. The molecule has 1 aromatic heterocycles. The highest BCUT2D eigenvalue weighted by Crippen LogP contribution is 2.39. The van der Waals surface area contributed by atoms with Gasteiger partial charge in [-0.05, 0) is 30.9 Å². The molecule has 0 radical (unpaired) electrons. The quantitative estimate of drug-likeness (QED) is 0.867. The van der Waals surface area contributed by atoms with Gasteiger partial charge in [0.25, 0.3) is 0 Å². The third-order valence-corrected chi connectivity index (χ3v) is 4.83. The standard InChI is InChI=1S/C18H27N3O3/c1-14-5-8-18(9-6-14)23-13-16(24-18)12-21-17(22)20-11-7-15-4-2-3-10-19-15/h2-4,10,14,16H,5-9,11-13H2,1H3,(H2,20,21,22)/t14?,16-,18?/m0/s1. The molecule has 2 N–H and O–H groups in total. The van der Waals surface area contributed by atoms with Crippen molar-refractivity contribution in [3.8, 4) is 0 Å². The van der Waals surface area contributed by atoms with Crippen molar-refractivity contribution in [2.75, 3.05) is 19.7 Å². The van der Waals surface area contributed by atoms with E-state index < -0.39 is 5.79 Å². The second-order valence-corrected chi connectivity index (χ2v) is 6.85. The van der Waals surface area contributed by atoms with E-state index in [1.54, 1.807) is 6.20 Å². The second-order valence-electron chi connectivity index (χ2n) is 6.85. The molecular formula is C18H27N3O3. The Bertz CT molecular complexity index is 530. The average Bonchev–Trinajstić information content (AvgIpc) is 3.00. The fourth-order valence-electron chi connectivity index (χ4n) is 3.30. The first kappa shape index (κ1) is 17.2. The molecule has 6 nitrogen and oxygen atoms in total. The minimum absolute atomic E-state index is 0.0556. The van der Waals surface area contributed by atoms with E-state index >= 15 is 0 Å². The van der Waals surface area contributed by atoms with Gasteiger partial charge in [0.05, 0.1) is 6.61 Å². The van der Waals surface area contributed by atoms with Crippen molar-refractivity contribution in [2.45, 2.75) is 50.9 Å². The highest BCUT2D eigenvalue weighted by Gasteiger charge is 2.43. The number of carbonyl (C=O) groups is 1. The number of carbonyl (C=O) groups excluding carboxylic acids is 1. The normalized spacial score (nSPS) is 29.5. The van der Waals surface area contributed by atoms with Crippen LogP contribution in [-0.2, 0) is 15.9 Å². The van der Waals surface area contributed by atoms with Crippen molar-refractivity contribution in [1.29, 1.82) is 0 Å². The lowest BCUT2D eigenvalue weighted by atomic mass is 9.86. The molecule has 0 bridgehead atoms. The molecular weight excluding hydrogens is 306 g/mol. The molecule has 1 saturated carbocycles. The summed E-state index contributed by atoms with van der Waals surface area (Å²) in [6.45, 7) is 3.87. The van der Waals surface area contributed by atoms with Gasteiger partial charge in [-0.3, -0.25) is 4.98 Å². The monoisotopic (exact) mass is 333 g/mol. The molecule has 2 amide bonds.